The summed E-state index contributed by atoms with van der Waals surface area (Å²) in [5.74, 6) is 1.72. The van der Waals surface area contributed by atoms with Gasteiger partial charge < -0.3 is 15.0 Å². The Labute approximate surface area is 113 Å². The Balaban J connectivity index is 1.54. The highest BCUT2D eigenvalue weighted by atomic mass is 16.5. The summed E-state index contributed by atoms with van der Waals surface area (Å²) in [4.78, 5) is 10.8. The highest BCUT2D eigenvalue weighted by molar-refractivity contribution is 5.80. The molecule has 2 fully saturated rings. The molecule has 0 aromatic carbocycles. The third-order valence-corrected chi connectivity index (χ3v) is 3.49. The van der Waals surface area contributed by atoms with E-state index in [1.807, 2.05) is 25.2 Å². The van der Waals surface area contributed by atoms with Crippen LogP contribution in [0.15, 0.2) is 29.4 Å². The molecule has 2 heterocycles. The first-order valence-corrected chi connectivity index (χ1v) is 6.91. The number of nitrogens with one attached hydrogen (secondary N) is 1. The van der Waals surface area contributed by atoms with E-state index in [2.05, 4.69) is 20.2 Å². The molecule has 1 aliphatic heterocycles. The maximum atomic E-state index is 5.89. The van der Waals surface area contributed by atoms with Crippen molar-refractivity contribution in [2.75, 3.05) is 20.1 Å². The van der Waals surface area contributed by atoms with Crippen molar-refractivity contribution in [3.05, 3.63) is 24.4 Å². The van der Waals surface area contributed by atoms with Crippen LogP contribution in [0.2, 0.25) is 0 Å². The third-order valence-electron chi connectivity index (χ3n) is 3.49. The standard InChI is InChI=1S/C14H20N4O/c1-15-14(17-11-5-6-11)18-9-7-12(10-18)19-13-4-2-3-8-16-13/h2-4,8,11-12H,5-7,9-10H2,1H3,(H,15,17). The Morgan fingerprint density at radius 2 is 2.32 bits per heavy atom. The van der Waals surface area contributed by atoms with Gasteiger partial charge in [-0.05, 0) is 18.9 Å². The van der Waals surface area contributed by atoms with Crippen molar-refractivity contribution in [2.45, 2.75) is 31.4 Å². The lowest BCUT2D eigenvalue weighted by Gasteiger charge is -2.21. The smallest absolute Gasteiger partial charge is 0.213 e. The number of aliphatic imine (C=N–C) groups is 1. The van der Waals surface area contributed by atoms with E-state index < -0.39 is 0 Å². The first-order chi connectivity index (χ1) is 9.35. The minimum absolute atomic E-state index is 0.202. The van der Waals surface area contributed by atoms with Gasteiger partial charge in [-0.1, -0.05) is 6.07 Å². The lowest BCUT2D eigenvalue weighted by Crippen LogP contribution is -2.41. The van der Waals surface area contributed by atoms with E-state index in [0.717, 1.165) is 25.5 Å². The van der Waals surface area contributed by atoms with Gasteiger partial charge in [0.2, 0.25) is 5.88 Å². The topological polar surface area (TPSA) is 49.8 Å². The summed E-state index contributed by atoms with van der Waals surface area (Å²) in [6.45, 7) is 1.87. The van der Waals surface area contributed by atoms with Gasteiger partial charge in [-0.25, -0.2) is 4.98 Å². The Kier molecular flexibility index (Phi) is 3.53. The quantitative estimate of drug-likeness (QED) is 0.657. The highest BCUT2D eigenvalue weighted by Crippen LogP contribution is 2.21. The SMILES string of the molecule is CN=C(NC1CC1)N1CCC(Oc2ccccn2)C1. The fourth-order valence-electron chi connectivity index (χ4n) is 2.31. The van der Waals surface area contributed by atoms with Gasteiger partial charge in [0.05, 0.1) is 6.54 Å². The van der Waals surface area contributed by atoms with Crippen molar-refractivity contribution in [3.8, 4) is 5.88 Å². The molecule has 1 saturated heterocycles. The second kappa shape index (κ2) is 5.47. The van der Waals surface area contributed by atoms with Crippen molar-refractivity contribution >= 4 is 5.96 Å². The van der Waals surface area contributed by atoms with E-state index in [1.165, 1.54) is 12.8 Å². The highest BCUT2D eigenvalue weighted by Gasteiger charge is 2.30. The lowest BCUT2D eigenvalue weighted by atomic mass is 10.3. The van der Waals surface area contributed by atoms with Crippen molar-refractivity contribution in [1.29, 1.82) is 0 Å². The molecule has 2 aliphatic rings. The molecule has 1 saturated carbocycles. The molecule has 1 atom stereocenters. The molecule has 1 aliphatic carbocycles. The summed E-state index contributed by atoms with van der Waals surface area (Å²) in [6.07, 6.45) is 5.51. The van der Waals surface area contributed by atoms with Crippen LogP contribution in [-0.2, 0) is 0 Å². The summed E-state index contributed by atoms with van der Waals surface area (Å²) in [5.41, 5.74) is 0. The Morgan fingerprint density at radius 1 is 1.42 bits per heavy atom. The summed E-state index contributed by atoms with van der Waals surface area (Å²) in [7, 11) is 1.84. The van der Waals surface area contributed by atoms with Crippen molar-refractivity contribution in [2.24, 2.45) is 4.99 Å². The molecule has 102 valence electrons. The largest absolute Gasteiger partial charge is 0.472 e. The van der Waals surface area contributed by atoms with Gasteiger partial charge in [0.1, 0.15) is 6.10 Å². The number of guanidine groups is 1. The minimum atomic E-state index is 0.202. The number of aromatic nitrogens is 1. The Bertz CT molecular complexity index is 444. The first-order valence-electron chi connectivity index (χ1n) is 6.91. The van der Waals surface area contributed by atoms with E-state index in [9.17, 15) is 0 Å². The molecule has 5 heteroatoms. The molecule has 0 spiro atoms. The van der Waals surface area contributed by atoms with Gasteiger partial charge in [0.25, 0.3) is 0 Å². The average molecular weight is 260 g/mol. The maximum absolute atomic E-state index is 5.89. The molecule has 19 heavy (non-hydrogen) atoms. The number of rotatable bonds is 3. The number of hydrogen-bond donors (Lipinski definition) is 1. The van der Waals surface area contributed by atoms with Gasteiger partial charge in [-0.15, -0.1) is 0 Å². The summed E-state index contributed by atoms with van der Waals surface area (Å²) in [5, 5.41) is 3.47. The zero-order valence-corrected chi connectivity index (χ0v) is 11.2. The van der Waals surface area contributed by atoms with E-state index in [1.54, 1.807) is 6.20 Å². The lowest BCUT2D eigenvalue weighted by molar-refractivity contribution is 0.205. The summed E-state index contributed by atoms with van der Waals surface area (Å²) in [6, 6.07) is 6.38. The van der Waals surface area contributed by atoms with Crippen LogP contribution in [-0.4, -0.2) is 48.1 Å². The molecule has 1 aromatic heterocycles. The van der Waals surface area contributed by atoms with E-state index >= 15 is 0 Å². The van der Waals surface area contributed by atoms with Crippen LogP contribution in [0.5, 0.6) is 5.88 Å². The van der Waals surface area contributed by atoms with Crippen molar-refractivity contribution in [1.82, 2.24) is 15.2 Å². The molecule has 0 amide bonds. The Hall–Kier alpha value is -1.78. The molecule has 1 N–H and O–H groups in total. The minimum Gasteiger partial charge on any atom is -0.472 e. The van der Waals surface area contributed by atoms with Crippen LogP contribution in [0.4, 0.5) is 0 Å². The van der Waals surface area contributed by atoms with Crippen molar-refractivity contribution in [3.63, 3.8) is 0 Å². The first kappa shape index (κ1) is 12.3. The molecule has 1 unspecified atom stereocenters. The zero-order valence-electron chi connectivity index (χ0n) is 11.2. The van der Waals surface area contributed by atoms with Crippen LogP contribution in [0, 0.1) is 0 Å². The predicted molar refractivity (Wildman–Crippen MR) is 74.4 cm³/mol. The van der Waals surface area contributed by atoms with Crippen LogP contribution < -0.4 is 10.1 Å². The molecule has 1 aromatic rings. The normalized spacial score (nSPS) is 23.5. The van der Waals surface area contributed by atoms with Gasteiger partial charge >= 0.3 is 0 Å². The van der Waals surface area contributed by atoms with Gasteiger partial charge in [0, 0.05) is 38.3 Å². The fourth-order valence-corrected chi connectivity index (χ4v) is 2.31. The molecule has 0 radical (unpaired) electrons. The van der Waals surface area contributed by atoms with Crippen LogP contribution in [0.1, 0.15) is 19.3 Å². The van der Waals surface area contributed by atoms with E-state index in [-0.39, 0.29) is 6.10 Å². The third kappa shape index (κ3) is 3.16. The van der Waals surface area contributed by atoms with Gasteiger partial charge in [-0.2, -0.15) is 0 Å². The second-order valence-corrected chi connectivity index (χ2v) is 5.11. The molecule has 0 bridgehead atoms. The van der Waals surface area contributed by atoms with Crippen LogP contribution in [0.25, 0.3) is 0 Å². The van der Waals surface area contributed by atoms with Crippen molar-refractivity contribution < 1.29 is 4.74 Å². The Morgan fingerprint density at radius 3 is 3.00 bits per heavy atom. The number of likely N-dealkylation sites (tertiary alicyclic amines) is 1. The number of ether oxygens (including phenoxy) is 1. The molecule has 3 rings (SSSR count). The van der Waals surface area contributed by atoms with Crippen LogP contribution in [0.3, 0.4) is 0 Å². The van der Waals surface area contributed by atoms with Gasteiger partial charge in [-0.3, -0.25) is 4.99 Å². The predicted octanol–water partition coefficient (Wildman–Crippen LogP) is 1.27. The molecular formula is C14H20N4O. The van der Waals surface area contributed by atoms with Crippen LogP contribution >= 0.6 is 0 Å². The summed E-state index contributed by atoms with van der Waals surface area (Å²) < 4.78 is 5.89. The van der Waals surface area contributed by atoms with E-state index in [0.29, 0.717) is 11.9 Å². The van der Waals surface area contributed by atoms with E-state index in [4.69, 9.17) is 4.74 Å². The molecular weight excluding hydrogens is 240 g/mol. The average Bonchev–Trinajstić information content (AvgIpc) is 3.15. The zero-order chi connectivity index (χ0) is 13.1. The van der Waals surface area contributed by atoms with Gasteiger partial charge in [0.15, 0.2) is 5.96 Å². The summed E-state index contributed by atoms with van der Waals surface area (Å²) >= 11 is 0. The molecule has 5 nitrogen and oxygen atoms in total. The number of pyridine rings is 1. The maximum Gasteiger partial charge on any atom is 0.213 e. The fraction of sp³-hybridized carbons (Fsp3) is 0.571. The number of nitrogens with zero attached hydrogens (tertiary/aromatic N) is 3. The number of hydrogen-bond acceptors (Lipinski definition) is 3. The second-order valence-electron chi connectivity index (χ2n) is 5.11. The monoisotopic (exact) mass is 260 g/mol.